The number of aryl methyl sites for hydroxylation is 1. The van der Waals surface area contributed by atoms with Crippen molar-refractivity contribution in [2.75, 3.05) is 12.4 Å². The van der Waals surface area contributed by atoms with Gasteiger partial charge in [-0.15, -0.1) is 0 Å². The zero-order chi connectivity index (χ0) is 16.1. The second-order valence-electron chi connectivity index (χ2n) is 4.66. The van der Waals surface area contributed by atoms with Crippen molar-refractivity contribution in [3.8, 4) is 0 Å². The number of carbonyl (C=O) groups is 1. The van der Waals surface area contributed by atoms with Gasteiger partial charge in [0.1, 0.15) is 12.0 Å². The highest BCUT2D eigenvalue weighted by Crippen LogP contribution is 2.19. The molecule has 22 heavy (non-hydrogen) atoms. The number of nitrogens with zero attached hydrogens (tertiary/aromatic N) is 2. The molecule has 0 unspecified atom stereocenters. The van der Waals surface area contributed by atoms with Crippen LogP contribution in [0.15, 0.2) is 36.5 Å². The van der Waals surface area contributed by atoms with E-state index in [4.69, 9.17) is 0 Å². The third-order valence-electron chi connectivity index (χ3n) is 3.13. The number of benzene rings is 1. The molecule has 1 aromatic heterocycles. The first-order valence-electron chi connectivity index (χ1n) is 6.53. The maximum atomic E-state index is 11.3. The van der Waals surface area contributed by atoms with Crippen molar-refractivity contribution in [2.24, 2.45) is 0 Å². The van der Waals surface area contributed by atoms with Gasteiger partial charge < -0.3 is 10.1 Å². The summed E-state index contributed by atoms with van der Waals surface area (Å²) >= 11 is 0. The Morgan fingerprint density at radius 2 is 2.05 bits per heavy atom. The number of esters is 1. The molecule has 0 spiro atoms. The molecule has 1 N–H and O–H groups in total. The Bertz CT molecular complexity index is 698. The predicted octanol–water partition coefficient (Wildman–Crippen LogP) is 2.70. The van der Waals surface area contributed by atoms with Crippen LogP contribution < -0.4 is 5.32 Å². The third kappa shape index (κ3) is 3.57. The second-order valence-corrected chi connectivity index (χ2v) is 4.66. The van der Waals surface area contributed by atoms with Crippen molar-refractivity contribution in [3.63, 3.8) is 0 Å². The summed E-state index contributed by atoms with van der Waals surface area (Å²) in [7, 11) is 1.33. The minimum Gasteiger partial charge on any atom is -0.465 e. The Balaban J connectivity index is 2.02. The molecule has 0 radical (unpaired) electrons. The molecule has 2 rings (SSSR count). The van der Waals surface area contributed by atoms with E-state index in [2.05, 4.69) is 15.0 Å². The first-order valence-corrected chi connectivity index (χ1v) is 6.53. The van der Waals surface area contributed by atoms with Crippen molar-refractivity contribution in [1.29, 1.82) is 0 Å². The van der Waals surface area contributed by atoms with Gasteiger partial charge in [0.2, 0.25) is 0 Å². The summed E-state index contributed by atoms with van der Waals surface area (Å²) in [6, 6.07) is 8.59. The smallest absolute Gasteiger partial charge is 0.337 e. The number of methoxy groups -OCH3 is 1. The highest BCUT2D eigenvalue weighted by atomic mass is 16.6. The van der Waals surface area contributed by atoms with Gasteiger partial charge in [-0.25, -0.2) is 9.78 Å². The highest BCUT2D eigenvalue weighted by Gasteiger charge is 2.11. The maximum Gasteiger partial charge on any atom is 0.337 e. The Kier molecular flexibility index (Phi) is 4.67. The van der Waals surface area contributed by atoms with Crippen LogP contribution in [0.2, 0.25) is 0 Å². The zero-order valence-corrected chi connectivity index (χ0v) is 12.2. The number of carbonyl (C=O) groups excluding carboxylic acids is 1. The van der Waals surface area contributed by atoms with Crippen LogP contribution in [-0.2, 0) is 11.3 Å². The standard InChI is InChI=1S/C15H15N3O4/c1-10-7-14(17-9-13(10)18(20)21)16-8-11-3-5-12(6-4-11)15(19)22-2/h3-7,9H,8H2,1-2H3,(H,16,17). The lowest BCUT2D eigenvalue weighted by atomic mass is 10.1. The van der Waals surface area contributed by atoms with Gasteiger partial charge >= 0.3 is 5.97 Å². The van der Waals surface area contributed by atoms with Crippen LogP contribution in [0.4, 0.5) is 11.5 Å². The molecule has 0 bridgehead atoms. The van der Waals surface area contributed by atoms with E-state index < -0.39 is 4.92 Å². The normalized spacial score (nSPS) is 10.1. The van der Waals surface area contributed by atoms with Crippen molar-refractivity contribution >= 4 is 17.5 Å². The van der Waals surface area contributed by atoms with Gasteiger partial charge in [0.25, 0.3) is 5.69 Å². The number of pyridine rings is 1. The van der Waals surface area contributed by atoms with Crippen LogP contribution in [-0.4, -0.2) is 23.0 Å². The van der Waals surface area contributed by atoms with Gasteiger partial charge in [0.05, 0.1) is 17.6 Å². The number of nitro groups is 1. The highest BCUT2D eigenvalue weighted by molar-refractivity contribution is 5.89. The molecular formula is C15H15N3O4. The summed E-state index contributed by atoms with van der Waals surface area (Å²) in [5.74, 6) is 0.173. The van der Waals surface area contributed by atoms with E-state index in [0.29, 0.717) is 23.5 Å². The van der Waals surface area contributed by atoms with Gasteiger partial charge in [-0.05, 0) is 30.7 Å². The summed E-state index contributed by atoms with van der Waals surface area (Å²) in [4.78, 5) is 25.6. The van der Waals surface area contributed by atoms with E-state index in [1.807, 2.05) is 0 Å². The molecule has 0 aliphatic heterocycles. The molecule has 7 nitrogen and oxygen atoms in total. The predicted molar refractivity (Wildman–Crippen MR) is 80.7 cm³/mol. The fourth-order valence-corrected chi connectivity index (χ4v) is 1.91. The van der Waals surface area contributed by atoms with Gasteiger partial charge in [-0.3, -0.25) is 10.1 Å². The van der Waals surface area contributed by atoms with Crippen LogP contribution in [0.1, 0.15) is 21.5 Å². The largest absolute Gasteiger partial charge is 0.465 e. The van der Waals surface area contributed by atoms with Crippen molar-refractivity contribution in [2.45, 2.75) is 13.5 Å². The van der Waals surface area contributed by atoms with E-state index in [-0.39, 0.29) is 11.7 Å². The molecular weight excluding hydrogens is 286 g/mol. The van der Waals surface area contributed by atoms with Crippen LogP contribution in [0, 0.1) is 17.0 Å². The SMILES string of the molecule is COC(=O)c1ccc(CNc2cc(C)c([N+](=O)[O-])cn2)cc1. The quantitative estimate of drug-likeness (QED) is 0.518. The zero-order valence-electron chi connectivity index (χ0n) is 12.2. The number of ether oxygens (including phenoxy) is 1. The molecule has 114 valence electrons. The number of rotatable bonds is 5. The summed E-state index contributed by atoms with van der Waals surface area (Å²) < 4.78 is 4.63. The maximum absolute atomic E-state index is 11.3. The van der Waals surface area contributed by atoms with E-state index in [1.54, 1.807) is 37.3 Å². The van der Waals surface area contributed by atoms with Crippen LogP contribution >= 0.6 is 0 Å². The second kappa shape index (κ2) is 6.66. The number of nitrogens with one attached hydrogen (secondary N) is 1. The summed E-state index contributed by atoms with van der Waals surface area (Å²) in [5, 5.41) is 13.8. The lowest BCUT2D eigenvalue weighted by Crippen LogP contribution is -2.04. The Labute approximate surface area is 127 Å². The molecule has 2 aromatic rings. The Morgan fingerprint density at radius 1 is 1.36 bits per heavy atom. The molecule has 0 atom stereocenters. The molecule has 0 aliphatic carbocycles. The van der Waals surface area contributed by atoms with Gasteiger partial charge in [0.15, 0.2) is 0 Å². The minimum atomic E-state index is -0.461. The number of hydrogen-bond acceptors (Lipinski definition) is 6. The van der Waals surface area contributed by atoms with E-state index in [9.17, 15) is 14.9 Å². The van der Waals surface area contributed by atoms with Crippen molar-refractivity contribution in [3.05, 3.63) is 63.3 Å². The van der Waals surface area contributed by atoms with E-state index in [1.165, 1.54) is 13.3 Å². The summed E-state index contributed by atoms with van der Waals surface area (Å²) in [6.07, 6.45) is 1.23. The molecule has 0 amide bonds. The lowest BCUT2D eigenvalue weighted by molar-refractivity contribution is -0.385. The molecule has 0 aliphatic rings. The first-order chi connectivity index (χ1) is 10.5. The molecule has 1 aromatic carbocycles. The van der Waals surface area contributed by atoms with Crippen molar-refractivity contribution < 1.29 is 14.5 Å². The van der Waals surface area contributed by atoms with E-state index >= 15 is 0 Å². The molecule has 7 heteroatoms. The van der Waals surface area contributed by atoms with E-state index in [0.717, 1.165) is 5.56 Å². The van der Waals surface area contributed by atoms with Gasteiger partial charge in [-0.1, -0.05) is 12.1 Å². The number of aromatic nitrogens is 1. The van der Waals surface area contributed by atoms with Gasteiger partial charge in [-0.2, -0.15) is 0 Å². The number of hydrogen-bond donors (Lipinski definition) is 1. The monoisotopic (exact) mass is 301 g/mol. The first kappa shape index (κ1) is 15.4. The average molecular weight is 301 g/mol. The topological polar surface area (TPSA) is 94.4 Å². The molecule has 0 fully saturated rings. The fourth-order valence-electron chi connectivity index (χ4n) is 1.91. The van der Waals surface area contributed by atoms with Crippen LogP contribution in [0.3, 0.4) is 0 Å². The number of anilines is 1. The van der Waals surface area contributed by atoms with Crippen LogP contribution in [0.25, 0.3) is 0 Å². The Hall–Kier alpha value is -2.96. The van der Waals surface area contributed by atoms with Crippen LogP contribution in [0.5, 0.6) is 0 Å². The lowest BCUT2D eigenvalue weighted by Gasteiger charge is -2.07. The van der Waals surface area contributed by atoms with Crippen molar-refractivity contribution in [1.82, 2.24) is 4.98 Å². The molecule has 1 heterocycles. The van der Waals surface area contributed by atoms with Gasteiger partial charge in [0, 0.05) is 12.1 Å². The fraction of sp³-hybridized carbons (Fsp3) is 0.200. The molecule has 0 saturated heterocycles. The third-order valence-corrected chi connectivity index (χ3v) is 3.13. The molecule has 0 saturated carbocycles. The average Bonchev–Trinajstić information content (AvgIpc) is 2.52. The Morgan fingerprint density at radius 3 is 2.59 bits per heavy atom. The minimum absolute atomic E-state index is 0.00650. The summed E-state index contributed by atoms with van der Waals surface area (Å²) in [6.45, 7) is 2.15. The summed E-state index contributed by atoms with van der Waals surface area (Å²) in [5.41, 5.74) is 1.97.